The van der Waals surface area contributed by atoms with Crippen LogP contribution in [-0.4, -0.2) is 14.1 Å². The van der Waals surface area contributed by atoms with Gasteiger partial charge in [-0.2, -0.15) is 0 Å². The maximum absolute atomic E-state index is 6.76. The lowest BCUT2D eigenvalue weighted by molar-refractivity contribution is -0.572. The quantitative estimate of drug-likeness (QED) is 0.124. The summed E-state index contributed by atoms with van der Waals surface area (Å²) in [7, 11) is 0. The summed E-state index contributed by atoms with van der Waals surface area (Å²) in [5.74, 6) is 2.36. The molecule has 0 atom stereocenters. The molecule has 3 aromatic heterocycles. The van der Waals surface area contributed by atoms with E-state index in [1.165, 1.54) is 38.8 Å². The first-order valence-electron chi connectivity index (χ1n) is 22.3. The zero-order valence-electron chi connectivity index (χ0n) is 39.1. The van der Waals surface area contributed by atoms with Crippen LogP contribution in [0.4, 0.5) is 0 Å². The highest BCUT2D eigenvalue weighted by atomic mass is 16.5. The molecule has 63 heavy (non-hydrogen) atoms. The Morgan fingerprint density at radius 2 is 1.14 bits per heavy atom. The summed E-state index contributed by atoms with van der Waals surface area (Å²) in [5.41, 5.74) is 14.0. The molecular formula is C58H60N4O. The van der Waals surface area contributed by atoms with Crippen LogP contribution in [0.5, 0.6) is 11.5 Å². The summed E-state index contributed by atoms with van der Waals surface area (Å²) in [5, 5.41) is 2.32. The van der Waals surface area contributed by atoms with Crippen molar-refractivity contribution in [2.75, 3.05) is 0 Å². The molecule has 0 radical (unpaired) electrons. The van der Waals surface area contributed by atoms with Crippen molar-refractivity contribution >= 4 is 32.8 Å². The predicted molar refractivity (Wildman–Crippen MR) is 263 cm³/mol. The van der Waals surface area contributed by atoms with E-state index in [1.807, 2.05) is 12.3 Å². The number of hydrogen-bond acceptors (Lipinski definition) is 2. The molecule has 0 saturated heterocycles. The van der Waals surface area contributed by atoms with Gasteiger partial charge in [0.15, 0.2) is 0 Å². The van der Waals surface area contributed by atoms with Crippen molar-refractivity contribution in [2.24, 2.45) is 0 Å². The number of fused-ring (bicyclic) bond motifs is 4. The molecule has 5 nitrogen and oxygen atoms in total. The van der Waals surface area contributed by atoms with E-state index in [0.29, 0.717) is 0 Å². The molecule has 6 aromatic carbocycles. The van der Waals surface area contributed by atoms with Crippen LogP contribution in [0.25, 0.3) is 61.2 Å². The molecule has 0 aliphatic rings. The van der Waals surface area contributed by atoms with Crippen molar-refractivity contribution in [3.05, 3.63) is 174 Å². The maximum Gasteiger partial charge on any atom is 0.269 e. The Bertz CT molecular complexity index is 3150. The van der Waals surface area contributed by atoms with Crippen LogP contribution in [0.3, 0.4) is 0 Å². The Hall–Kier alpha value is -6.46. The maximum atomic E-state index is 6.76. The molecule has 0 saturated carbocycles. The topological polar surface area (TPSA) is 35.9 Å². The van der Waals surface area contributed by atoms with Gasteiger partial charge >= 0.3 is 0 Å². The summed E-state index contributed by atoms with van der Waals surface area (Å²) in [6.45, 7) is 27.7. The van der Waals surface area contributed by atoms with Crippen molar-refractivity contribution in [3.63, 3.8) is 0 Å². The van der Waals surface area contributed by atoms with Gasteiger partial charge in [-0.15, -0.1) is 0 Å². The van der Waals surface area contributed by atoms with Gasteiger partial charge in [-0.3, -0.25) is 13.7 Å². The molecule has 3 heterocycles. The zero-order chi connectivity index (χ0) is 44.6. The lowest BCUT2D eigenvalue weighted by Gasteiger charge is -2.34. The molecule has 0 fully saturated rings. The molecule has 0 aliphatic heterocycles. The lowest BCUT2D eigenvalue weighted by atomic mass is 9.71. The number of imidazole rings is 1. The molecule has 0 aliphatic carbocycles. The van der Waals surface area contributed by atoms with Gasteiger partial charge < -0.3 is 4.74 Å². The van der Waals surface area contributed by atoms with Crippen molar-refractivity contribution in [2.45, 2.75) is 105 Å². The van der Waals surface area contributed by atoms with Gasteiger partial charge in [0.2, 0.25) is 0 Å². The Morgan fingerprint density at radius 1 is 0.508 bits per heavy atom. The number of pyridine rings is 1. The van der Waals surface area contributed by atoms with Crippen LogP contribution in [0.15, 0.2) is 146 Å². The second kappa shape index (κ2) is 15.1. The van der Waals surface area contributed by atoms with Gasteiger partial charge in [-0.1, -0.05) is 156 Å². The first-order chi connectivity index (χ1) is 29.8. The first kappa shape index (κ1) is 41.9. The molecule has 0 N–H and O–H groups in total. The van der Waals surface area contributed by atoms with E-state index in [-0.39, 0.29) is 21.7 Å². The molecule has 0 unspecified atom stereocenters. The highest BCUT2D eigenvalue weighted by Gasteiger charge is 2.30. The molecule has 9 aromatic rings. The van der Waals surface area contributed by atoms with Crippen LogP contribution in [0.1, 0.15) is 105 Å². The normalized spacial score (nSPS) is 12.8. The van der Waals surface area contributed by atoms with Gasteiger partial charge in [0.1, 0.15) is 17.3 Å². The minimum atomic E-state index is -0.0813. The minimum Gasteiger partial charge on any atom is -0.458 e. The highest BCUT2D eigenvalue weighted by molar-refractivity contribution is 6.09. The fourth-order valence-corrected chi connectivity index (χ4v) is 8.90. The smallest absolute Gasteiger partial charge is 0.269 e. The minimum absolute atomic E-state index is 0.0167. The fraction of sp³-hybridized carbons (Fsp3) is 0.276. The van der Waals surface area contributed by atoms with Gasteiger partial charge in [0, 0.05) is 23.0 Å². The van der Waals surface area contributed by atoms with Crippen LogP contribution < -0.4 is 9.30 Å². The third-order valence-corrected chi connectivity index (χ3v) is 12.4. The number of hydrogen-bond donors (Lipinski definition) is 0. The summed E-state index contributed by atoms with van der Waals surface area (Å²) < 4.78 is 13.3. The molecule has 318 valence electrons. The van der Waals surface area contributed by atoms with Gasteiger partial charge in [-0.25, -0.2) is 4.98 Å². The van der Waals surface area contributed by atoms with E-state index < -0.39 is 0 Å². The third-order valence-electron chi connectivity index (χ3n) is 12.4. The van der Waals surface area contributed by atoms with Crippen molar-refractivity contribution < 1.29 is 9.30 Å². The van der Waals surface area contributed by atoms with E-state index in [1.54, 1.807) is 0 Å². The predicted octanol–water partition coefficient (Wildman–Crippen LogP) is 14.8. The van der Waals surface area contributed by atoms with Crippen LogP contribution in [0, 0.1) is 6.33 Å². The summed E-state index contributed by atoms with van der Waals surface area (Å²) in [4.78, 5) is 5.09. The van der Waals surface area contributed by atoms with Crippen LogP contribution in [-0.2, 0) is 21.7 Å². The molecule has 9 rings (SSSR count). The SMILES string of the molecule is CC(C)(C)c1cccc(-[n+]2[c-]n(-c3cccc(Oc4ccc5c6ccccc6n(-c6cc(-c7c(C(C)(C)C)cc(C(C)(C)C)cc7C(C)(C)C)ccn6)c5c4)c3)c3ccccc32)c1. The monoisotopic (exact) mass is 828 g/mol. The first-order valence-corrected chi connectivity index (χ1v) is 22.3. The van der Waals surface area contributed by atoms with Crippen LogP contribution >= 0.6 is 0 Å². The van der Waals surface area contributed by atoms with Gasteiger partial charge in [0.05, 0.1) is 33.4 Å². The van der Waals surface area contributed by atoms with Crippen molar-refractivity contribution in [1.29, 1.82) is 0 Å². The molecule has 0 spiro atoms. The number of para-hydroxylation sites is 3. The van der Waals surface area contributed by atoms with E-state index in [0.717, 1.165) is 56.1 Å². The number of rotatable bonds is 6. The Morgan fingerprint density at radius 3 is 1.84 bits per heavy atom. The number of ether oxygens (including phenoxy) is 1. The summed E-state index contributed by atoms with van der Waals surface area (Å²) in [6.07, 6.45) is 5.65. The summed E-state index contributed by atoms with van der Waals surface area (Å²) >= 11 is 0. The average Bonchev–Trinajstić information content (AvgIpc) is 3.78. The standard InChI is InChI=1S/C58H60N4O/c1-55(2,3)39-19-17-20-41(32-39)60-37-61(51-26-16-15-25-50(51)60)42-21-18-22-43(35-42)63-44-27-28-46-45-23-13-14-24-49(45)62(52(46)36-44)53-31-38(29-30-59-53)54-47(57(7,8)9)33-40(56(4,5)6)34-48(54)58(10,11)12/h13-36H,1-12H3. The molecule has 0 amide bonds. The zero-order valence-corrected chi connectivity index (χ0v) is 39.1. The van der Waals surface area contributed by atoms with Crippen molar-refractivity contribution in [3.8, 4) is 39.8 Å². The van der Waals surface area contributed by atoms with E-state index in [4.69, 9.17) is 9.72 Å². The fourth-order valence-electron chi connectivity index (χ4n) is 8.90. The second-order valence-electron chi connectivity index (χ2n) is 21.3. The molecular weight excluding hydrogens is 769 g/mol. The van der Waals surface area contributed by atoms with Crippen LogP contribution in [0.2, 0.25) is 0 Å². The average molecular weight is 829 g/mol. The Balaban J connectivity index is 1.14. The Labute approximate surface area is 373 Å². The second-order valence-corrected chi connectivity index (χ2v) is 21.3. The van der Waals surface area contributed by atoms with Gasteiger partial charge in [-0.05, 0) is 116 Å². The number of nitrogens with zero attached hydrogens (tertiary/aromatic N) is 4. The van der Waals surface area contributed by atoms with E-state index in [2.05, 4.69) is 237 Å². The van der Waals surface area contributed by atoms with E-state index in [9.17, 15) is 0 Å². The highest BCUT2D eigenvalue weighted by Crippen LogP contribution is 2.44. The molecule has 5 heteroatoms. The van der Waals surface area contributed by atoms with E-state index >= 15 is 0 Å². The van der Waals surface area contributed by atoms with Crippen molar-refractivity contribution in [1.82, 2.24) is 14.1 Å². The largest absolute Gasteiger partial charge is 0.458 e. The number of benzene rings is 6. The third kappa shape index (κ3) is 7.84. The number of aromatic nitrogens is 4. The summed E-state index contributed by atoms with van der Waals surface area (Å²) in [6, 6.07) is 49.9. The Kier molecular flexibility index (Phi) is 10.0. The molecule has 0 bridgehead atoms. The lowest BCUT2D eigenvalue weighted by Crippen LogP contribution is -2.30. The van der Waals surface area contributed by atoms with Gasteiger partial charge in [0.25, 0.3) is 6.33 Å².